The number of amides is 1. The molecule has 1 aliphatic heterocycles. The molecule has 1 saturated heterocycles. The van der Waals surface area contributed by atoms with Gasteiger partial charge in [0.25, 0.3) is 0 Å². The molecule has 25 heavy (non-hydrogen) atoms. The van der Waals surface area contributed by atoms with Gasteiger partial charge in [0, 0.05) is 31.5 Å². The Morgan fingerprint density at radius 2 is 1.96 bits per heavy atom. The molecule has 2 fully saturated rings. The van der Waals surface area contributed by atoms with E-state index in [9.17, 15) is 4.79 Å². The zero-order chi connectivity index (χ0) is 18.3. The van der Waals surface area contributed by atoms with Crippen LogP contribution >= 0.6 is 11.3 Å². The lowest BCUT2D eigenvalue weighted by molar-refractivity contribution is -0.131. The van der Waals surface area contributed by atoms with Crippen LogP contribution in [0.2, 0.25) is 0 Å². The van der Waals surface area contributed by atoms with Crippen LogP contribution in [-0.2, 0) is 15.1 Å². The molecule has 0 bridgehead atoms. The summed E-state index contributed by atoms with van der Waals surface area (Å²) in [5.74, 6) is 0.304. The fraction of sp³-hybridized carbons (Fsp3) is 0.750. The molecule has 0 aromatic carbocycles. The van der Waals surface area contributed by atoms with Gasteiger partial charge in [-0.05, 0) is 70.5 Å². The van der Waals surface area contributed by atoms with Crippen molar-refractivity contribution < 1.29 is 9.53 Å². The first-order valence-corrected chi connectivity index (χ1v) is 10.1. The second kappa shape index (κ2) is 6.67. The van der Waals surface area contributed by atoms with E-state index in [-0.39, 0.29) is 16.6 Å². The minimum absolute atomic E-state index is 0.141. The Kier molecular flexibility index (Phi) is 5.04. The molecule has 1 aliphatic carbocycles. The Morgan fingerprint density at radius 1 is 1.28 bits per heavy atom. The Labute approximate surface area is 156 Å². The standard InChI is InChI=1S/C20H32N2O2S/c1-18(2,24-5)14-22-15-19(13-17(22)23)8-10-20(11-9-19,21(3)4)16-7-6-12-25-16/h6-7,12H,8-11,13-15H2,1-5H3. The van der Waals surface area contributed by atoms with E-state index in [0.29, 0.717) is 18.9 Å². The number of ether oxygens (including phenoxy) is 1. The number of carbonyl (C=O) groups is 1. The monoisotopic (exact) mass is 364 g/mol. The molecule has 1 spiro atoms. The van der Waals surface area contributed by atoms with Gasteiger partial charge in [0.1, 0.15) is 0 Å². The van der Waals surface area contributed by atoms with Crippen LogP contribution in [0.25, 0.3) is 0 Å². The average Bonchev–Trinajstić information content (AvgIpc) is 3.18. The van der Waals surface area contributed by atoms with Crippen molar-refractivity contribution >= 4 is 17.2 Å². The lowest BCUT2D eigenvalue weighted by atomic mass is 9.66. The van der Waals surface area contributed by atoms with Gasteiger partial charge in [-0.1, -0.05) is 6.07 Å². The van der Waals surface area contributed by atoms with Crippen molar-refractivity contribution in [3.8, 4) is 0 Å². The van der Waals surface area contributed by atoms with Crippen molar-refractivity contribution in [1.29, 1.82) is 0 Å². The molecule has 1 amide bonds. The summed E-state index contributed by atoms with van der Waals surface area (Å²) in [5.41, 5.74) is 0.0274. The zero-order valence-corrected chi connectivity index (χ0v) is 17.1. The minimum Gasteiger partial charge on any atom is -0.377 e. The van der Waals surface area contributed by atoms with Gasteiger partial charge in [0.05, 0.1) is 11.1 Å². The normalized spacial score (nSPS) is 30.6. The van der Waals surface area contributed by atoms with Crippen molar-refractivity contribution in [2.45, 2.75) is 57.1 Å². The van der Waals surface area contributed by atoms with Crippen LogP contribution < -0.4 is 0 Å². The van der Waals surface area contributed by atoms with E-state index >= 15 is 0 Å². The molecular weight excluding hydrogens is 332 g/mol. The highest BCUT2D eigenvalue weighted by molar-refractivity contribution is 7.10. The third-order valence-corrected chi connectivity index (χ3v) is 7.57. The highest BCUT2D eigenvalue weighted by Gasteiger charge is 2.50. The fourth-order valence-corrected chi connectivity index (χ4v) is 5.70. The summed E-state index contributed by atoms with van der Waals surface area (Å²) in [6.07, 6.45) is 5.23. The summed E-state index contributed by atoms with van der Waals surface area (Å²) in [6.45, 7) is 5.69. The Hall–Kier alpha value is -0.910. The molecule has 0 N–H and O–H groups in total. The number of thiophene rings is 1. The van der Waals surface area contributed by atoms with Crippen molar-refractivity contribution in [2.75, 3.05) is 34.3 Å². The maximum Gasteiger partial charge on any atom is 0.223 e. The zero-order valence-electron chi connectivity index (χ0n) is 16.3. The molecule has 5 heteroatoms. The quantitative estimate of drug-likeness (QED) is 0.798. The Bertz CT molecular complexity index is 601. The van der Waals surface area contributed by atoms with Gasteiger partial charge in [-0.2, -0.15) is 0 Å². The van der Waals surface area contributed by atoms with E-state index in [0.717, 1.165) is 32.2 Å². The van der Waals surface area contributed by atoms with E-state index in [1.807, 2.05) is 16.2 Å². The molecule has 3 rings (SSSR count). The van der Waals surface area contributed by atoms with E-state index in [1.165, 1.54) is 4.88 Å². The Morgan fingerprint density at radius 3 is 2.48 bits per heavy atom. The number of hydrogen-bond acceptors (Lipinski definition) is 4. The molecule has 0 atom stereocenters. The second-order valence-electron chi connectivity index (χ2n) is 8.79. The first-order chi connectivity index (χ1) is 11.7. The minimum atomic E-state index is -0.278. The predicted molar refractivity (Wildman–Crippen MR) is 103 cm³/mol. The maximum absolute atomic E-state index is 12.6. The molecule has 0 unspecified atom stereocenters. The van der Waals surface area contributed by atoms with Crippen LogP contribution in [0.1, 0.15) is 50.8 Å². The van der Waals surface area contributed by atoms with Crippen LogP contribution in [-0.4, -0.2) is 55.6 Å². The fourth-order valence-electron chi connectivity index (χ4n) is 4.64. The van der Waals surface area contributed by atoms with E-state index in [1.54, 1.807) is 7.11 Å². The van der Waals surface area contributed by atoms with Gasteiger partial charge in [-0.25, -0.2) is 0 Å². The number of nitrogens with zero attached hydrogens (tertiary/aromatic N) is 2. The lowest BCUT2D eigenvalue weighted by Gasteiger charge is -2.48. The van der Waals surface area contributed by atoms with Gasteiger partial charge >= 0.3 is 0 Å². The smallest absolute Gasteiger partial charge is 0.223 e. The van der Waals surface area contributed by atoms with Gasteiger partial charge in [-0.3, -0.25) is 9.69 Å². The van der Waals surface area contributed by atoms with E-state index in [4.69, 9.17) is 4.74 Å². The first-order valence-electron chi connectivity index (χ1n) is 9.26. The van der Waals surface area contributed by atoms with Crippen molar-refractivity contribution in [3.63, 3.8) is 0 Å². The molecule has 140 valence electrons. The summed E-state index contributed by atoms with van der Waals surface area (Å²) in [5, 5.41) is 2.18. The molecular formula is C20H32N2O2S. The number of methoxy groups -OCH3 is 1. The van der Waals surface area contributed by atoms with Crippen molar-refractivity contribution in [3.05, 3.63) is 22.4 Å². The Balaban J connectivity index is 1.72. The summed E-state index contributed by atoms with van der Waals surface area (Å²) in [4.78, 5) is 18.5. The molecule has 1 aromatic rings. The van der Waals surface area contributed by atoms with Crippen LogP contribution in [0, 0.1) is 5.41 Å². The summed E-state index contributed by atoms with van der Waals surface area (Å²) < 4.78 is 5.54. The molecule has 2 heterocycles. The molecule has 0 radical (unpaired) electrons. The lowest BCUT2D eigenvalue weighted by Crippen LogP contribution is -2.47. The summed E-state index contributed by atoms with van der Waals surface area (Å²) in [6, 6.07) is 4.43. The maximum atomic E-state index is 12.6. The largest absolute Gasteiger partial charge is 0.377 e. The number of rotatable bonds is 5. The van der Waals surface area contributed by atoms with Gasteiger partial charge in [0.15, 0.2) is 0 Å². The SMILES string of the molecule is COC(C)(C)CN1CC2(CCC(c3cccs3)(N(C)C)CC2)CC1=O. The number of hydrogen-bond donors (Lipinski definition) is 0. The van der Waals surface area contributed by atoms with Gasteiger partial charge in [-0.15, -0.1) is 11.3 Å². The van der Waals surface area contributed by atoms with Crippen LogP contribution in [0.4, 0.5) is 0 Å². The number of carbonyl (C=O) groups excluding carboxylic acids is 1. The van der Waals surface area contributed by atoms with Gasteiger partial charge < -0.3 is 9.64 Å². The summed E-state index contributed by atoms with van der Waals surface area (Å²) >= 11 is 1.86. The second-order valence-corrected chi connectivity index (χ2v) is 9.74. The molecule has 2 aliphatic rings. The first kappa shape index (κ1) is 18.9. The molecule has 4 nitrogen and oxygen atoms in total. The van der Waals surface area contributed by atoms with E-state index < -0.39 is 0 Å². The third-order valence-electron chi connectivity index (χ3n) is 6.50. The van der Waals surface area contributed by atoms with Crippen LogP contribution in [0.15, 0.2) is 17.5 Å². The van der Waals surface area contributed by atoms with Crippen molar-refractivity contribution in [2.24, 2.45) is 5.41 Å². The van der Waals surface area contributed by atoms with Crippen molar-refractivity contribution in [1.82, 2.24) is 9.80 Å². The van der Waals surface area contributed by atoms with Crippen LogP contribution in [0.3, 0.4) is 0 Å². The third kappa shape index (κ3) is 3.51. The molecule has 1 saturated carbocycles. The predicted octanol–water partition coefficient (Wildman–Crippen LogP) is 3.72. The van der Waals surface area contributed by atoms with Crippen LogP contribution in [0.5, 0.6) is 0 Å². The topological polar surface area (TPSA) is 32.8 Å². The average molecular weight is 365 g/mol. The van der Waals surface area contributed by atoms with Gasteiger partial charge in [0.2, 0.25) is 5.91 Å². The number of likely N-dealkylation sites (tertiary alicyclic amines) is 1. The highest BCUT2D eigenvalue weighted by atomic mass is 32.1. The van der Waals surface area contributed by atoms with E-state index in [2.05, 4.69) is 50.4 Å². The highest BCUT2D eigenvalue weighted by Crippen LogP contribution is 2.52. The molecule has 1 aromatic heterocycles. The summed E-state index contributed by atoms with van der Waals surface area (Å²) in [7, 11) is 6.12.